The molecule has 1 unspecified atom stereocenters. The second kappa shape index (κ2) is 4.70. The van der Waals surface area contributed by atoms with Gasteiger partial charge in [-0.3, -0.25) is 9.89 Å². The molecule has 5 nitrogen and oxygen atoms in total. The number of nitrogens with zero attached hydrogens (tertiary/aromatic N) is 1. The van der Waals surface area contributed by atoms with E-state index < -0.39 is 0 Å². The average Bonchev–Trinajstić information content (AvgIpc) is 2.97. The van der Waals surface area contributed by atoms with E-state index in [1.807, 2.05) is 18.2 Å². The second-order valence-corrected chi connectivity index (χ2v) is 5.34. The van der Waals surface area contributed by atoms with Gasteiger partial charge in [0, 0.05) is 22.4 Å². The fraction of sp³-hybridized carbons (Fsp3) is 0.333. The van der Waals surface area contributed by atoms with Crippen LogP contribution in [0.4, 0.5) is 0 Å². The van der Waals surface area contributed by atoms with Gasteiger partial charge in [-0.15, -0.1) is 0 Å². The highest BCUT2D eigenvalue weighted by Crippen LogP contribution is 2.21. The molecule has 1 saturated heterocycles. The van der Waals surface area contributed by atoms with Crippen molar-refractivity contribution >= 4 is 32.7 Å². The van der Waals surface area contributed by atoms with Gasteiger partial charge in [-0.25, -0.2) is 0 Å². The highest BCUT2D eigenvalue weighted by Gasteiger charge is 2.20. The lowest BCUT2D eigenvalue weighted by atomic mass is 10.2. The third-order valence-corrected chi connectivity index (χ3v) is 3.63. The first-order valence-corrected chi connectivity index (χ1v) is 6.68. The fourth-order valence-electron chi connectivity index (χ4n) is 2.19. The molecule has 0 bridgehead atoms. The third kappa shape index (κ3) is 2.13. The van der Waals surface area contributed by atoms with Gasteiger partial charge >= 0.3 is 0 Å². The zero-order valence-corrected chi connectivity index (χ0v) is 11.3. The number of aromatic amines is 1. The lowest BCUT2D eigenvalue weighted by Crippen LogP contribution is -2.36. The number of hydrogen-bond acceptors (Lipinski definition) is 3. The molecule has 1 aliphatic heterocycles. The van der Waals surface area contributed by atoms with Gasteiger partial charge in [-0.05, 0) is 31.2 Å². The number of benzene rings is 1. The molecule has 1 fully saturated rings. The Labute approximate surface area is 112 Å². The minimum absolute atomic E-state index is 0.118. The molecule has 0 saturated carbocycles. The predicted molar refractivity (Wildman–Crippen MR) is 72.5 cm³/mol. The van der Waals surface area contributed by atoms with Crippen LogP contribution < -0.4 is 10.6 Å². The highest BCUT2D eigenvalue weighted by atomic mass is 79.9. The van der Waals surface area contributed by atoms with Crippen molar-refractivity contribution in [2.24, 2.45) is 0 Å². The molecule has 3 rings (SSSR count). The number of aromatic nitrogens is 2. The Morgan fingerprint density at radius 2 is 2.39 bits per heavy atom. The SMILES string of the molecule is O=C(NC1CCNC1)c1n[nH]c2ccc(Br)cc12. The third-order valence-electron chi connectivity index (χ3n) is 3.14. The molecule has 1 amide bonds. The summed E-state index contributed by atoms with van der Waals surface area (Å²) in [4.78, 5) is 12.2. The minimum atomic E-state index is -0.118. The van der Waals surface area contributed by atoms with E-state index in [2.05, 4.69) is 36.8 Å². The Bertz CT molecular complexity index is 589. The van der Waals surface area contributed by atoms with Gasteiger partial charge in [0.1, 0.15) is 0 Å². The topological polar surface area (TPSA) is 69.8 Å². The maximum atomic E-state index is 12.2. The molecule has 1 atom stereocenters. The number of fused-ring (bicyclic) bond motifs is 1. The summed E-state index contributed by atoms with van der Waals surface area (Å²) in [5.41, 5.74) is 1.33. The van der Waals surface area contributed by atoms with Crippen molar-refractivity contribution in [3.8, 4) is 0 Å². The number of rotatable bonds is 2. The Morgan fingerprint density at radius 1 is 1.50 bits per heavy atom. The van der Waals surface area contributed by atoms with Crippen molar-refractivity contribution in [3.05, 3.63) is 28.4 Å². The van der Waals surface area contributed by atoms with Gasteiger partial charge in [-0.2, -0.15) is 5.10 Å². The summed E-state index contributed by atoms with van der Waals surface area (Å²) in [6.45, 7) is 1.79. The molecule has 0 spiro atoms. The van der Waals surface area contributed by atoms with E-state index in [0.29, 0.717) is 5.69 Å². The van der Waals surface area contributed by atoms with Crippen LogP contribution >= 0.6 is 15.9 Å². The molecule has 0 radical (unpaired) electrons. The zero-order chi connectivity index (χ0) is 12.5. The number of amides is 1. The lowest BCUT2D eigenvalue weighted by molar-refractivity contribution is 0.0936. The molecular weight excluding hydrogens is 296 g/mol. The van der Waals surface area contributed by atoms with Crippen molar-refractivity contribution in [2.45, 2.75) is 12.5 Å². The molecule has 2 aromatic rings. The van der Waals surface area contributed by atoms with E-state index >= 15 is 0 Å². The Balaban J connectivity index is 1.88. The molecule has 0 aliphatic carbocycles. The summed E-state index contributed by atoms with van der Waals surface area (Å²) in [7, 11) is 0. The van der Waals surface area contributed by atoms with Crippen molar-refractivity contribution in [1.82, 2.24) is 20.8 Å². The number of halogens is 1. The summed E-state index contributed by atoms with van der Waals surface area (Å²) in [6.07, 6.45) is 0.970. The Kier molecular flexibility index (Phi) is 3.05. The number of hydrogen-bond donors (Lipinski definition) is 3. The Morgan fingerprint density at radius 3 is 3.17 bits per heavy atom. The van der Waals surface area contributed by atoms with Crippen molar-refractivity contribution in [3.63, 3.8) is 0 Å². The maximum Gasteiger partial charge on any atom is 0.272 e. The molecule has 94 valence electrons. The standard InChI is InChI=1S/C12H13BrN4O/c13-7-1-2-10-9(5-7)11(17-16-10)12(18)15-8-3-4-14-6-8/h1-2,5,8,14H,3-4,6H2,(H,15,18)(H,16,17). The maximum absolute atomic E-state index is 12.2. The lowest BCUT2D eigenvalue weighted by Gasteiger charge is -2.09. The number of nitrogens with one attached hydrogen (secondary N) is 3. The molecule has 6 heteroatoms. The summed E-state index contributed by atoms with van der Waals surface area (Å²) in [6, 6.07) is 5.93. The van der Waals surface area contributed by atoms with Crippen LogP contribution in [0.25, 0.3) is 10.9 Å². The van der Waals surface area contributed by atoms with Crippen LogP contribution in [0.1, 0.15) is 16.9 Å². The minimum Gasteiger partial charge on any atom is -0.347 e. The first kappa shape index (κ1) is 11.7. The second-order valence-electron chi connectivity index (χ2n) is 4.43. The van der Waals surface area contributed by atoms with E-state index in [1.54, 1.807) is 0 Å². The summed E-state index contributed by atoms with van der Waals surface area (Å²) >= 11 is 3.41. The number of carbonyl (C=O) groups is 1. The van der Waals surface area contributed by atoms with Gasteiger partial charge in [0.15, 0.2) is 5.69 Å². The highest BCUT2D eigenvalue weighted by molar-refractivity contribution is 9.10. The molecule has 1 aromatic carbocycles. The van der Waals surface area contributed by atoms with Crippen LogP contribution in [0.15, 0.2) is 22.7 Å². The summed E-state index contributed by atoms with van der Waals surface area (Å²) < 4.78 is 0.938. The summed E-state index contributed by atoms with van der Waals surface area (Å²) in [5.74, 6) is -0.118. The smallest absolute Gasteiger partial charge is 0.272 e. The zero-order valence-electron chi connectivity index (χ0n) is 9.66. The molecule has 1 aliphatic rings. The fourth-order valence-corrected chi connectivity index (χ4v) is 2.55. The van der Waals surface area contributed by atoms with E-state index in [9.17, 15) is 4.79 Å². The van der Waals surface area contributed by atoms with Crippen molar-refractivity contribution in [2.75, 3.05) is 13.1 Å². The van der Waals surface area contributed by atoms with Crippen LogP contribution in [0, 0.1) is 0 Å². The van der Waals surface area contributed by atoms with Gasteiger partial charge in [0.25, 0.3) is 5.91 Å². The van der Waals surface area contributed by atoms with Crippen LogP contribution in [0.5, 0.6) is 0 Å². The van der Waals surface area contributed by atoms with E-state index in [-0.39, 0.29) is 11.9 Å². The monoisotopic (exact) mass is 308 g/mol. The van der Waals surface area contributed by atoms with E-state index in [1.165, 1.54) is 0 Å². The van der Waals surface area contributed by atoms with Gasteiger partial charge < -0.3 is 10.6 Å². The number of carbonyl (C=O) groups excluding carboxylic acids is 1. The van der Waals surface area contributed by atoms with Crippen molar-refractivity contribution < 1.29 is 4.79 Å². The molecule has 18 heavy (non-hydrogen) atoms. The van der Waals surface area contributed by atoms with Gasteiger partial charge in [0.2, 0.25) is 0 Å². The van der Waals surface area contributed by atoms with Crippen LogP contribution in [-0.2, 0) is 0 Å². The van der Waals surface area contributed by atoms with E-state index in [0.717, 1.165) is 34.9 Å². The largest absolute Gasteiger partial charge is 0.347 e. The molecule has 2 heterocycles. The molecular formula is C12H13BrN4O. The van der Waals surface area contributed by atoms with Gasteiger partial charge in [-0.1, -0.05) is 15.9 Å². The quantitative estimate of drug-likeness (QED) is 0.786. The van der Waals surface area contributed by atoms with Crippen molar-refractivity contribution in [1.29, 1.82) is 0 Å². The first-order valence-electron chi connectivity index (χ1n) is 5.89. The Hall–Kier alpha value is -1.40. The first-order chi connectivity index (χ1) is 8.74. The average molecular weight is 309 g/mol. The van der Waals surface area contributed by atoms with Crippen LogP contribution in [0.3, 0.4) is 0 Å². The summed E-state index contributed by atoms with van der Waals surface area (Å²) in [5, 5.41) is 14.0. The molecule has 1 aromatic heterocycles. The van der Waals surface area contributed by atoms with Crippen LogP contribution in [0.2, 0.25) is 0 Å². The van der Waals surface area contributed by atoms with Crippen LogP contribution in [-0.4, -0.2) is 35.2 Å². The predicted octanol–water partition coefficient (Wildman–Crippen LogP) is 1.42. The normalized spacial score (nSPS) is 19.3. The van der Waals surface area contributed by atoms with Gasteiger partial charge in [0.05, 0.1) is 5.52 Å². The molecule has 3 N–H and O–H groups in total. The van der Waals surface area contributed by atoms with E-state index in [4.69, 9.17) is 0 Å². The number of H-pyrrole nitrogens is 1.